The molecule has 190 valence electrons. The quantitative estimate of drug-likeness (QED) is 0.219. The Balaban J connectivity index is 1.58. The van der Waals surface area contributed by atoms with Gasteiger partial charge in [0.15, 0.2) is 0 Å². The molecule has 4 rings (SSSR count). The number of aliphatic hydroxyl groups is 1. The fourth-order valence-electron chi connectivity index (χ4n) is 4.01. The molecule has 0 heterocycles. The van der Waals surface area contributed by atoms with Crippen molar-refractivity contribution in [2.75, 3.05) is 6.61 Å². The third kappa shape index (κ3) is 8.81. The molecule has 0 aliphatic rings. The molecule has 0 bridgehead atoms. The van der Waals surface area contributed by atoms with Gasteiger partial charge < -0.3 is 19.3 Å². The maximum atomic E-state index is 10.4. The molecular formula is C33H34O4. The molecule has 4 heteroatoms. The molecule has 0 radical (unpaired) electrons. The zero-order valence-corrected chi connectivity index (χ0v) is 20.9. The lowest BCUT2D eigenvalue weighted by Gasteiger charge is -2.31. The zero-order valence-electron chi connectivity index (χ0n) is 20.9. The van der Waals surface area contributed by atoms with Gasteiger partial charge in [0, 0.05) is 0 Å². The van der Waals surface area contributed by atoms with Gasteiger partial charge in [-0.2, -0.15) is 0 Å². The molecule has 0 unspecified atom stereocenters. The third-order valence-electron chi connectivity index (χ3n) is 6.03. The molecule has 0 spiro atoms. The first-order chi connectivity index (χ1) is 18.3. The van der Waals surface area contributed by atoms with Gasteiger partial charge in [0.25, 0.3) is 0 Å². The van der Waals surface area contributed by atoms with E-state index in [-0.39, 0.29) is 6.61 Å². The van der Waals surface area contributed by atoms with Gasteiger partial charge in [-0.1, -0.05) is 133 Å². The van der Waals surface area contributed by atoms with E-state index in [4.69, 9.17) is 14.2 Å². The minimum absolute atomic E-state index is 0.198. The molecule has 3 atom stereocenters. The molecule has 4 aromatic rings. The first-order valence-electron chi connectivity index (χ1n) is 12.6. The molecule has 0 amide bonds. The second-order valence-electron chi connectivity index (χ2n) is 8.81. The van der Waals surface area contributed by atoms with Gasteiger partial charge in [-0.15, -0.1) is 0 Å². The molecule has 0 saturated heterocycles. The molecule has 4 aromatic carbocycles. The summed E-state index contributed by atoms with van der Waals surface area (Å²) in [5.41, 5.74) is 4.20. The van der Waals surface area contributed by atoms with Gasteiger partial charge in [0.2, 0.25) is 0 Å². The predicted molar refractivity (Wildman–Crippen MR) is 148 cm³/mol. The Morgan fingerprint density at radius 3 is 1.46 bits per heavy atom. The first-order valence-corrected chi connectivity index (χ1v) is 12.6. The monoisotopic (exact) mass is 494 g/mol. The number of aliphatic hydroxyl groups excluding tert-OH is 1. The number of benzene rings is 4. The van der Waals surface area contributed by atoms with Gasteiger partial charge in [-0.25, -0.2) is 0 Å². The standard InChI is InChI=1S/C33H34O4/c34-23-32(36-25-29-17-9-3-10-18-29)33(37-26-30-19-11-4-12-20-30)31(22-21-27-13-5-1-6-14-27)35-24-28-15-7-2-8-16-28/h1-22,31-34H,23-26H2/t31-,32+,33+/m1/s1. The lowest BCUT2D eigenvalue weighted by molar-refractivity contribution is -0.149. The second-order valence-corrected chi connectivity index (χ2v) is 8.81. The molecular weight excluding hydrogens is 460 g/mol. The molecule has 0 saturated carbocycles. The summed E-state index contributed by atoms with van der Waals surface area (Å²) in [6.07, 6.45) is 2.43. The van der Waals surface area contributed by atoms with E-state index in [0.717, 1.165) is 22.3 Å². The van der Waals surface area contributed by atoms with Crippen LogP contribution >= 0.6 is 0 Å². The zero-order chi connectivity index (χ0) is 25.5. The molecule has 1 N–H and O–H groups in total. The maximum Gasteiger partial charge on any atom is 0.116 e. The highest BCUT2D eigenvalue weighted by molar-refractivity contribution is 5.49. The van der Waals surface area contributed by atoms with Crippen molar-refractivity contribution in [3.63, 3.8) is 0 Å². The van der Waals surface area contributed by atoms with E-state index >= 15 is 0 Å². The van der Waals surface area contributed by atoms with Crippen LogP contribution in [0, 0.1) is 0 Å². The van der Waals surface area contributed by atoms with Gasteiger partial charge >= 0.3 is 0 Å². The lowest BCUT2D eigenvalue weighted by atomic mass is 10.0. The number of ether oxygens (including phenoxy) is 3. The summed E-state index contributed by atoms with van der Waals surface area (Å²) < 4.78 is 19.1. The number of hydrogen-bond acceptors (Lipinski definition) is 4. The van der Waals surface area contributed by atoms with Crippen LogP contribution < -0.4 is 0 Å². The van der Waals surface area contributed by atoms with Gasteiger partial charge in [0.1, 0.15) is 18.3 Å². The Morgan fingerprint density at radius 2 is 0.973 bits per heavy atom. The van der Waals surface area contributed by atoms with Crippen LogP contribution in [-0.2, 0) is 34.0 Å². The molecule has 0 aliphatic carbocycles. The first kappa shape index (κ1) is 26.5. The summed E-state index contributed by atoms with van der Waals surface area (Å²) in [5.74, 6) is 0. The minimum Gasteiger partial charge on any atom is -0.394 e. The Morgan fingerprint density at radius 1 is 0.541 bits per heavy atom. The van der Waals surface area contributed by atoms with Crippen LogP contribution in [0.25, 0.3) is 6.08 Å². The summed E-state index contributed by atoms with van der Waals surface area (Å²) in [4.78, 5) is 0. The van der Waals surface area contributed by atoms with Crippen molar-refractivity contribution >= 4 is 6.08 Å². The third-order valence-corrected chi connectivity index (χ3v) is 6.03. The molecule has 4 nitrogen and oxygen atoms in total. The smallest absolute Gasteiger partial charge is 0.116 e. The highest BCUT2D eigenvalue weighted by Gasteiger charge is 2.31. The highest BCUT2D eigenvalue weighted by Crippen LogP contribution is 2.20. The summed E-state index contributed by atoms with van der Waals surface area (Å²) in [5, 5.41) is 10.4. The van der Waals surface area contributed by atoms with E-state index in [0.29, 0.717) is 19.8 Å². The van der Waals surface area contributed by atoms with Crippen molar-refractivity contribution < 1.29 is 19.3 Å². The summed E-state index contributed by atoms with van der Waals surface area (Å²) >= 11 is 0. The fourth-order valence-corrected chi connectivity index (χ4v) is 4.01. The molecule has 0 aliphatic heterocycles. The molecule has 37 heavy (non-hydrogen) atoms. The van der Waals surface area contributed by atoms with Crippen LogP contribution in [-0.4, -0.2) is 30.0 Å². The summed E-state index contributed by atoms with van der Waals surface area (Å²) in [7, 11) is 0. The van der Waals surface area contributed by atoms with Crippen LogP contribution in [0.3, 0.4) is 0 Å². The van der Waals surface area contributed by atoms with E-state index < -0.39 is 18.3 Å². The van der Waals surface area contributed by atoms with Crippen LogP contribution in [0.15, 0.2) is 127 Å². The van der Waals surface area contributed by atoms with Gasteiger partial charge in [0.05, 0.1) is 26.4 Å². The Bertz CT molecular complexity index is 1160. The van der Waals surface area contributed by atoms with Crippen molar-refractivity contribution in [1.29, 1.82) is 0 Å². The van der Waals surface area contributed by atoms with E-state index in [1.54, 1.807) is 0 Å². The average molecular weight is 495 g/mol. The minimum atomic E-state index is -0.592. The average Bonchev–Trinajstić information content (AvgIpc) is 2.97. The second kappa shape index (κ2) is 14.9. The highest BCUT2D eigenvalue weighted by atomic mass is 16.6. The molecule has 0 aromatic heterocycles. The normalized spacial score (nSPS) is 13.9. The van der Waals surface area contributed by atoms with Crippen LogP contribution in [0.4, 0.5) is 0 Å². The van der Waals surface area contributed by atoms with E-state index in [1.807, 2.05) is 133 Å². The fraction of sp³-hybridized carbons (Fsp3) is 0.212. The van der Waals surface area contributed by atoms with Crippen molar-refractivity contribution in [1.82, 2.24) is 0 Å². The predicted octanol–water partition coefficient (Wildman–Crippen LogP) is 6.45. The van der Waals surface area contributed by atoms with Crippen LogP contribution in [0.5, 0.6) is 0 Å². The van der Waals surface area contributed by atoms with E-state index in [1.165, 1.54) is 0 Å². The van der Waals surface area contributed by atoms with Crippen molar-refractivity contribution in [3.05, 3.63) is 150 Å². The lowest BCUT2D eigenvalue weighted by Crippen LogP contribution is -2.43. The summed E-state index contributed by atoms with van der Waals surface area (Å²) in [6.45, 7) is 0.954. The van der Waals surface area contributed by atoms with Crippen LogP contribution in [0.1, 0.15) is 22.3 Å². The van der Waals surface area contributed by atoms with Crippen molar-refractivity contribution in [2.24, 2.45) is 0 Å². The van der Waals surface area contributed by atoms with Crippen molar-refractivity contribution in [2.45, 2.75) is 38.1 Å². The van der Waals surface area contributed by atoms with E-state index in [9.17, 15) is 5.11 Å². The topological polar surface area (TPSA) is 47.9 Å². The molecule has 0 fully saturated rings. The van der Waals surface area contributed by atoms with Gasteiger partial charge in [-0.05, 0) is 22.3 Å². The maximum absolute atomic E-state index is 10.4. The van der Waals surface area contributed by atoms with E-state index in [2.05, 4.69) is 0 Å². The Kier molecular flexibility index (Phi) is 10.7. The Hall–Kier alpha value is -3.54. The van der Waals surface area contributed by atoms with Crippen LogP contribution in [0.2, 0.25) is 0 Å². The number of rotatable bonds is 14. The Labute approximate surface area is 219 Å². The van der Waals surface area contributed by atoms with Crippen molar-refractivity contribution in [3.8, 4) is 0 Å². The van der Waals surface area contributed by atoms with Gasteiger partial charge in [-0.3, -0.25) is 0 Å². The summed E-state index contributed by atoms with van der Waals surface area (Å²) in [6, 6.07) is 40.1. The SMILES string of the molecule is OC[C@H](OCc1ccccc1)[C@@H](OCc1ccccc1)[C@@H](C=Cc1ccccc1)OCc1ccccc1. The number of hydrogen-bond donors (Lipinski definition) is 1. The largest absolute Gasteiger partial charge is 0.394 e.